The first kappa shape index (κ1) is 21.4. The van der Waals surface area contributed by atoms with Gasteiger partial charge in [0.25, 0.3) is 0 Å². The highest BCUT2D eigenvalue weighted by Gasteiger charge is 2.22. The third kappa shape index (κ3) is 4.15. The minimum Gasteiger partial charge on any atom is -0.504 e. The van der Waals surface area contributed by atoms with Crippen LogP contribution >= 0.6 is 0 Å². The molecule has 7 heteroatoms. The van der Waals surface area contributed by atoms with Gasteiger partial charge in [-0.3, -0.25) is 4.79 Å². The number of carbonyl (C=O) groups is 1. The maximum Gasteiger partial charge on any atom is 0.197 e. The number of allylic oxidation sites excluding steroid dienone is 2. The highest BCUT2D eigenvalue weighted by molar-refractivity contribution is 6.13. The van der Waals surface area contributed by atoms with Crippen molar-refractivity contribution < 1.29 is 33.3 Å². The molecule has 0 unspecified atom stereocenters. The van der Waals surface area contributed by atoms with Crippen LogP contribution in [0, 0.1) is 11.6 Å². The number of hydrogen-bond acceptors (Lipinski definition) is 5. The molecule has 0 bridgehead atoms. The number of Topliss-reactive ketones (excluding diaryl/α,β-unsaturated/α-hetero) is 1. The van der Waals surface area contributed by atoms with Crippen molar-refractivity contribution in [1.29, 1.82) is 0 Å². The highest BCUT2D eigenvalue weighted by Crippen LogP contribution is 2.35. The Morgan fingerprint density at radius 3 is 1.57 bits per heavy atom. The first-order valence-corrected chi connectivity index (χ1v) is 9.44. The molecule has 5 nitrogen and oxygen atoms in total. The number of ketones is 1. The van der Waals surface area contributed by atoms with E-state index >= 15 is 0 Å². The van der Waals surface area contributed by atoms with Gasteiger partial charge in [-0.15, -0.1) is 0 Å². The number of phenols is 2. The number of hydrogen-bond donors (Lipinski definition) is 2. The van der Waals surface area contributed by atoms with Gasteiger partial charge in [-0.2, -0.15) is 0 Å². The fraction of sp³-hybridized carbons (Fsp3) is 0.261. The van der Waals surface area contributed by atoms with Crippen LogP contribution in [0.25, 0.3) is 12.2 Å². The zero-order valence-electron chi connectivity index (χ0n) is 16.7. The Morgan fingerprint density at radius 2 is 1.20 bits per heavy atom. The molecule has 2 N–H and O–H groups in total. The SMILES string of the molecule is COc1c(O)ccc(/C=C2\CCCC/C(=C\c3ccc(O)c(OC)c3F)C2=O)c1F. The van der Waals surface area contributed by atoms with Crippen molar-refractivity contribution in [3.63, 3.8) is 0 Å². The van der Waals surface area contributed by atoms with E-state index in [9.17, 15) is 23.8 Å². The van der Waals surface area contributed by atoms with Crippen LogP contribution in [-0.4, -0.2) is 30.2 Å². The lowest BCUT2D eigenvalue weighted by Gasteiger charge is -2.10. The summed E-state index contributed by atoms with van der Waals surface area (Å²) in [4.78, 5) is 13.1. The Morgan fingerprint density at radius 1 is 0.800 bits per heavy atom. The van der Waals surface area contributed by atoms with E-state index in [4.69, 9.17) is 9.47 Å². The first-order valence-electron chi connectivity index (χ1n) is 9.44. The van der Waals surface area contributed by atoms with Crippen molar-refractivity contribution in [2.24, 2.45) is 0 Å². The maximum atomic E-state index is 14.6. The standard InChI is InChI=1S/C23H22F2O5/c1-29-22-17(26)9-7-13(19(22)24)11-15-5-3-4-6-16(21(15)28)12-14-8-10-18(27)23(30-2)20(14)25/h7-12,26-27H,3-6H2,1-2H3/b15-11+,16-12+. The van der Waals surface area contributed by atoms with Gasteiger partial charge in [0.1, 0.15) is 0 Å². The van der Waals surface area contributed by atoms with Gasteiger partial charge >= 0.3 is 0 Å². The van der Waals surface area contributed by atoms with Crippen LogP contribution in [0.4, 0.5) is 8.78 Å². The molecule has 30 heavy (non-hydrogen) atoms. The summed E-state index contributed by atoms with van der Waals surface area (Å²) in [5.74, 6) is -3.07. The molecule has 0 amide bonds. The molecule has 2 aromatic rings. The van der Waals surface area contributed by atoms with Gasteiger partial charge in [-0.25, -0.2) is 8.78 Å². The predicted octanol–water partition coefficient (Wildman–Crippen LogP) is 5.00. The van der Waals surface area contributed by atoms with E-state index in [0.717, 1.165) is 0 Å². The second kappa shape index (κ2) is 8.98. The minimum absolute atomic E-state index is 0.117. The molecule has 0 atom stereocenters. The summed E-state index contributed by atoms with van der Waals surface area (Å²) in [6, 6.07) is 5.33. The molecule has 1 aliphatic rings. The molecule has 3 rings (SSSR count). The largest absolute Gasteiger partial charge is 0.504 e. The average molecular weight is 416 g/mol. The molecule has 0 aromatic heterocycles. The second-order valence-corrected chi connectivity index (χ2v) is 6.92. The number of carbonyl (C=O) groups excluding carboxylic acids is 1. The molecule has 1 saturated carbocycles. The van der Waals surface area contributed by atoms with E-state index in [-0.39, 0.29) is 39.9 Å². The van der Waals surface area contributed by atoms with E-state index in [1.807, 2.05) is 0 Å². The Hall–Kier alpha value is -3.35. The van der Waals surface area contributed by atoms with Crippen molar-refractivity contribution >= 4 is 17.9 Å². The third-order valence-corrected chi connectivity index (χ3v) is 5.01. The van der Waals surface area contributed by atoms with Gasteiger partial charge in [0, 0.05) is 22.3 Å². The first-order chi connectivity index (χ1) is 14.4. The van der Waals surface area contributed by atoms with E-state index < -0.39 is 11.6 Å². The number of phenolic OH excluding ortho intramolecular Hbond substituents is 2. The lowest BCUT2D eigenvalue weighted by atomic mass is 9.97. The molecule has 158 valence electrons. The number of benzene rings is 2. The van der Waals surface area contributed by atoms with Crippen molar-refractivity contribution in [1.82, 2.24) is 0 Å². The van der Waals surface area contributed by atoms with Crippen molar-refractivity contribution in [3.05, 3.63) is 58.2 Å². The number of halogens is 2. The molecule has 0 heterocycles. The molecule has 1 fully saturated rings. The van der Waals surface area contributed by atoms with E-state index in [1.54, 1.807) is 0 Å². The monoisotopic (exact) mass is 416 g/mol. The fourth-order valence-electron chi connectivity index (χ4n) is 3.45. The van der Waals surface area contributed by atoms with E-state index in [0.29, 0.717) is 36.8 Å². The van der Waals surface area contributed by atoms with Crippen LogP contribution in [0.15, 0.2) is 35.4 Å². The summed E-state index contributed by atoms with van der Waals surface area (Å²) >= 11 is 0. The molecule has 2 aromatic carbocycles. The fourth-order valence-corrected chi connectivity index (χ4v) is 3.45. The maximum absolute atomic E-state index is 14.6. The normalized spacial score (nSPS) is 17.3. The number of rotatable bonds is 4. The van der Waals surface area contributed by atoms with Gasteiger partial charge in [0.15, 0.2) is 40.4 Å². The van der Waals surface area contributed by atoms with Crippen LogP contribution in [0.3, 0.4) is 0 Å². The highest BCUT2D eigenvalue weighted by atomic mass is 19.1. The van der Waals surface area contributed by atoms with Gasteiger partial charge < -0.3 is 19.7 Å². The summed E-state index contributed by atoms with van der Waals surface area (Å²) in [7, 11) is 2.49. The summed E-state index contributed by atoms with van der Waals surface area (Å²) in [6.45, 7) is 0. The van der Waals surface area contributed by atoms with E-state index in [2.05, 4.69) is 0 Å². The quantitative estimate of drug-likeness (QED) is 0.542. The molecular weight excluding hydrogens is 394 g/mol. The lowest BCUT2D eigenvalue weighted by molar-refractivity contribution is -0.112. The number of ether oxygens (including phenoxy) is 2. The average Bonchev–Trinajstić information content (AvgIpc) is 2.89. The molecule has 0 aliphatic heterocycles. The molecule has 1 aliphatic carbocycles. The molecule has 0 radical (unpaired) electrons. The molecule has 0 saturated heterocycles. The number of aromatic hydroxyl groups is 2. The Labute approximate surface area is 172 Å². The zero-order chi connectivity index (χ0) is 21.8. The topological polar surface area (TPSA) is 76.0 Å². The van der Waals surface area contributed by atoms with Gasteiger partial charge in [-0.05, 0) is 62.1 Å². The third-order valence-electron chi connectivity index (χ3n) is 5.01. The predicted molar refractivity (Wildman–Crippen MR) is 109 cm³/mol. The van der Waals surface area contributed by atoms with Crippen molar-refractivity contribution in [2.75, 3.05) is 14.2 Å². The van der Waals surface area contributed by atoms with Crippen LogP contribution in [0.5, 0.6) is 23.0 Å². The summed E-state index contributed by atoms with van der Waals surface area (Å²) in [6.07, 6.45) is 5.19. The molecular formula is C23H22F2O5. The Kier molecular flexibility index (Phi) is 6.40. The second-order valence-electron chi connectivity index (χ2n) is 6.92. The van der Waals surface area contributed by atoms with Crippen molar-refractivity contribution in [3.8, 4) is 23.0 Å². The number of methoxy groups -OCH3 is 2. The summed E-state index contributed by atoms with van der Waals surface area (Å²) in [5, 5.41) is 19.4. The molecule has 0 spiro atoms. The Balaban J connectivity index is 2.02. The zero-order valence-corrected chi connectivity index (χ0v) is 16.7. The van der Waals surface area contributed by atoms with Crippen LogP contribution in [0.1, 0.15) is 36.8 Å². The van der Waals surface area contributed by atoms with E-state index in [1.165, 1.54) is 50.6 Å². The lowest BCUT2D eigenvalue weighted by Crippen LogP contribution is -2.05. The Bertz CT molecular complexity index is 959. The minimum atomic E-state index is -0.762. The van der Waals surface area contributed by atoms with Crippen LogP contribution < -0.4 is 9.47 Å². The van der Waals surface area contributed by atoms with Crippen molar-refractivity contribution in [2.45, 2.75) is 25.7 Å². The van der Waals surface area contributed by atoms with Gasteiger partial charge in [-0.1, -0.05) is 0 Å². The smallest absolute Gasteiger partial charge is 0.197 e. The summed E-state index contributed by atoms with van der Waals surface area (Å²) < 4.78 is 38.9. The summed E-state index contributed by atoms with van der Waals surface area (Å²) in [5.41, 5.74) is 1.01. The van der Waals surface area contributed by atoms with Crippen LogP contribution in [0.2, 0.25) is 0 Å². The van der Waals surface area contributed by atoms with Gasteiger partial charge in [0.2, 0.25) is 0 Å². The van der Waals surface area contributed by atoms with Crippen LogP contribution in [-0.2, 0) is 4.79 Å². The van der Waals surface area contributed by atoms with Gasteiger partial charge in [0.05, 0.1) is 14.2 Å².